The van der Waals surface area contributed by atoms with E-state index in [9.17, 15) is 4.79 Å². The van der Waals surface area contributed by atoms with Crippen LogP contribution in [-0.2, 0) is 4.79 Å². The molecule has 1 rings (SSSR count). The number of nitrogens with one attached hydrogen (secondary N) is 1. The number of hydrogen-bond donors (Lipinski definition) is 1. The molecule has 0 saturated heterocycles. The molecule has 0 spiro atoms. The maximum Gasteiger partial charge on any atom is 0.224 e. The lowest BCUT2D eigenvalue weighted by Gasteiger charge is -2.07. The molecule has 0 bridgehead atoms. The maximum atomic E-state index is 11.5. The first-order valence-electron chi connectivity index (χ1n) is 5.23. The largest absolute Gasteiger partial charge is 0.326 e. The Balaban J connectivity index is 2.56. The van der Waals surface area contributed by atoms with Crippen LogP contribution in [0.5, 0.6) is 0 Å². The van der Waals surface area contributed by atoms with Gasteiger partial charge in [0.05, 0.1) is 0 Å². The van der Waals surface area contributed by atoms with Crippen LogP contribution >= 0.6 is 23.2 Å². The highest BCUT2D eigenvalue weighted by molar-refractivity contribution is 6.35. The number of halogens is 2. The third-order valence-corrected chi connectivity index (χ3v) is 2.53. The highest BCUT2D eigenvalue weighted by Gasteiger charge is 2.05. The molecule has 0 aliphatic rings. The molecule has 88 valence electrons. The molecular formula is C12H15Cl2NO. The number of hydrogen-bond acceptors (Lipinski definition) is 1. The van der Waals surface area contributed by atoms with Crippen LogP contribution in [0, 0.1) is 5.92 Å². The summed E-state index contributed by atoms with van der Waals surface area (Å²) < 4.78 is 0. The Morgan fingerprint density at radius 3 is 2.31 bits per heavy atom. The van der Waals surface area contributed by atoms with E-state index in [0.717, 1.165) is 6.42 Å². The Kier molecular flexibility index (Phi) is 5.10. The maximum absolute atomic E-state index is 11.5. The molecule has 16 heavy (non-hydrogen) atoms. The lowest BCUT2D eigenvalue weighted by atomic mass is 10.1. The van der Waals surface area contributed by atoms with E-state index in [1.807, 2.05) is 0 Å². The highest BCUT2D eigenvalue weighted by atomic mass is 35.5. The van der Waals surface area contributed by atoms with Crippen molar-refractivity contribution in [2.24, 2.45) is 5.92 Å². The van der Waals surface area contributed by atoms with Gasteiger partial charge in [-0.25, -0.2) is 0 Å². The average molecular weight is 260 g/mol. The Morgan fingerprint density at radius 1 is 1.25 bits per heavy atom. The zero-order valence-corrected chi connectivity index (χ0v) is 10.9. The predicted molar refractivity (Wildman–Crippen MR) is 69.2 cm³/mol. The van der Waals surface area contributed by atoms with Crippen molar-refractivity contribution in [1.29, 1.82) is 0 Å². The van der Waals surface area contributed by atoms with Gasteiger partial charge in [-0.1, -0.05) is 37.0 Å². The fourth-order valence-electron chi connectivity index (χ4n) is 1.27. The van der Waals surface area contributed by atoms with Gasteiger partial charge in [-0.15, -0.1) is 0 Å². The van der Waals surface area contributed by atoms with Crippen LogP contribution in [-0.4, -0.2) is 5.91 Å². The van der Waals surface area contributed by atoms with E-state index in [4.69, 9.17) is 23.2 Å². The van der Waals surface area contributed by atoms with Gasteiger partial charge in [-0.05, 0) is 30.5 Å². The minimum Gasteiger partial charge on any atom is -0.326 e. The van der Waals surface area contributed by atoms with Crippen molar-refractivity contribution in [3.05, 3.63) is 28.2 Å². The van der Waals surface area contributed by atoms with Gasteiger partial charge in [0.15, 0.2) is 0 Å². The van der Waals surface area contributed by atoms with E-state index in [2.05, 4.69) is 19.2 Å². The molecule has 0 radical (unpaired) electrons. The van der Waals surface area contributed by atoms with Crippen LogP contribution in [0.1, 0.15) is 26.7 Å². The standard InChI is InChI=1S/C12H15Cl2NO/c1-8(2)3-4-12(16)15-11-6-9(13)5-10(14)7-11/h5-8H,3-4H2,1-2H3,(H,15,16). The third-order valence-electron chi connectivity index (χ3n) is 2.10. The molecule has 2 nitrogen and oxygen atoms in total. The van der Waals surface area contributed by atoms with Gasteiger partial charge >= 0.3 is 0 Å². The van der Waals surface area contributed by atoms with Crippen LogP contribution in [0.25, 0.3) is 0 Å². The van der Waals surface area contributed by atoms with Gasteiger partial charge in [0.2, 0.25) is 5.91 Å². The number of carbonyl (C=O) groups is 1. The summed E-state index contributed by atoms with van der Waals surface area (Å²) >= 11 is 11.7. The summed E-state index contributed by atoms with van der Waals surface area (Å²) in [5.41, 5.74) is 0.645. The number of benzene rings is 1. The molecule has 1 aromatic carbocycles. The SMILES string of the molecule is CC(C)CCC(=O)Nc1cc(Cl)cc(Cl)c1. The van der Waals surface area contributed by atoms with Gasteiger partial charge in [-0.3, -0.25) is 4.79 Å². The van der Waals surface area contributed by atoms with Crippen LogP contribution in [0.3, 0.4) is 0 Å². The van der Waals surface area contributed by atoms with E-state index in [-0.39, 0.29) is 5.91 Å². The first-order valence-corrected chi connectivity index (χ1v) is 5.99. The molecule has 4 heteroatoms. The predicted octanol–water partition coefficient (Wildman–Crippen LogP) is 4.37. The van der Waals surface area contributed by atoms with Crippen molar-refractivity contribution in [2.75, 3.05) is 5.32 Å². The summed E-state index contributed by atoms with van der Waals surface area (Å²) in [6.07, 6.45) is 1.39. The summed E-state index contributed by atoms with van der Waals surface area (Å²) in [4.78, 5) is 11.5. The van der Waals surface area contributed by atoms with E-state index in [1.54, 1.807) is 18.2 Å². The molecular weight excluding hydrogens is 245 g/mol. The molecule has 0 saturated carbocycles. The summed E-state index contributed by atoms with van der Waals surface area (Å²) in [6, 6.07) is 4.99. The van der Waals surface area contributed by atoms with Crippen molar-refractivity contribution < 1.29 is 4.79 Å². The third kappa shape index (κ3) is 4.86. The normalized spacial score (nSPS) is 10.6. The van der Waals surface area contributed by atoms with E-state index < -0.39 is 0 Å². The van der Waals surface area contributed by atoms with E-state index in [0.29, 0.717) is 28.1 Å². The van der Waals surface area contributed by atoms with E-state index in [1.165, 1.54) is 0 Å². The smallest absolute Gasteiger partial charge is 0.224 e. The van der Waals surface area contributed by atoms with E-state index >= 15 is 0 Å². The fourth-order valence-corrected chi connectivity index (χ4v) is 1.80. The number of carbonyl (C=O) groups excluding carboxylic acids is 1. The van der Waals surface area contributed by atoms with Crippen LogP contribution in [0.15, 0.2) is 18.2 Å². The van der Waals surface area contributed by atoms with Gasteiger partial charge in [0.25, 0.3) is 0 Å². The van der Waals surface area contributed by atoms with Gasteiger partial charge in [0.1, 0.15) is 0 Å². The summed E-state index contributed by atoms with van der Waals surface area (Å²) in [5.74, 6) is 0.515. The lowest BCUT2D eigenvalue weighted by molar-refractivity contribution is -0.116. The Labute approximate surface area is 106 Å². The number of rotatable bonds is 4. The van der Waals surface area contributed by atoms with Crippen molar-refractivity contribution >= 4 is 34.8 Å². The van der Waals surface area contributed by atoms with Crippen LogP contribution in [0.4, 0.5) is 5.69 Å². The Bertz CT molecular complexity index is 357. The monoisotopic (exact) mass is 259 g/mol. The second-order valence-corrected chi connectivity index (χ2v) is 5.01. The molecule has 0 aromatic heterocycles. The van der Waals surface area contributed by atoms with Crippen LogP contribution < -0.4 is 5.32 Å². The second kappa shape index (κ2) is 6.12. The Hall–Kier alpha value is -0.730. The summed E-state index contributed by atoms with van der Waals surface area (Å²) in [6.45, 7) is 4.17. The minimum atomic E-state index is -0.00738. The topological polar surface area (TPSA) is 29.1 Å². The van der Waals surface area contributed by atoms with Gasteiger partial charge in [0, 0.05) is 22.2 Å². The van der Waals surface area contributed by atoms with Gasteiger partial charge < -0.3 is 5.32 Å². The molecule has 0 atom stereocenters. The Morgan fingerprint density at radius 2 is 1.81 bits per heavy atom. The first-order chi connectivity index (χ1) is 7.47. The average Bonchev–Trinajstić information content (AvgIpc) is 2.12. The van der Waals surface area contributed by atoms with Crippen LogP contribution in [0.2, 0.25) is 10.0 Å². The molecule has 0 aliphatic carbocycles. The van der Waals surface area contributed by atoms with Crippen molar-refractivity contribution in [3.8, 4) is 0 Å². The van der Waals surface area contributed by atoms with Crippen molar-refractivity contribution in [1.82, 2.24) is 0 Å². The zero-order valence-electron chi connectivity index (χ0n) is 9.39. The zero-order chi connectivity index (χ0) is 12.1. The number of anilines is 1. The van der Waals surface area contributed by atoms with Gasteiger partial charge in [-0.2, -0.15) is 0 Å². The summed E-state index contributed by atoms with van der Waals surface area (Å²) in [5, 5.41) is 3.81. The van der Waals surface area contributed by atoms with Crippen molar-refractivity contribution in [2.45, 2.75) is 26.7 Å². The molecule has 0 heterocycles. The highest BCUT2D eigenvalue weighted by Crippen LogP contribution is 2.22. The first kappa shape index (κ1) is 13.3. The molecule has 1 amide bonds. The minimum absolute atomic E-state index is 0.00738. The second-order valence-electron chi connectivity index (χ2n) is 4.14. The van der Waals surface area contributed by atoms with Crippen molar-refractivity contribution in [3.63, 3.8) is 0 Å². The lowest BCUT2D eigenvalue weighted by Crippen LogP contribution is -2.12. The summed E-state index contributed by atoms with van der Waals surface area (Å²) in [7, 11) is 0. The molecule has 0 fully saturated rings. The molecule has 1 N–H and O–H groups in total. The fraction of sp³-hybridized carbons (Fsp3) is 0.417. The number of amides is 1. The molecule has 0 aliphatic heterocycles. The quantitative estimate of drug-likeness (QED) is 0.855. The molecule has 1 aromatic rings. The molecule has 0 unspecified atom stereocenters.